The smallest absolute Gasteiger partial charge is 0.0471 e. The molecule has 0 spiro atoms. The summed E-state index contributed by atoms with van der Waals surface area (Å²) < 4.78 is 5.64. The Bertz CT molecular complexity index is 147. The standard InChI is InChI=1S/C13H29NO/c1-6-7-9-15-10-8-13(4,11-14-5)12(2)3/h12,14H,6-11H2,1-5H3. The molecule has 0 heterocycles. The molecule has 2 nitrogen and oxygen atoms in total. The molecule has 0 saturated carbocycles. The summed E-state index contributed by atoms with van der Waals surface area (Å²) in [6.07, 6.45) is 3.55. The second-order valence-corrected chi connectivity index (χ2v) is 5.05. The highest BCUT2D eigenvalue weighted by Crippen LogP contribution is 2.30. The summed E-state index contributed by atoms with van der Waals surface area (Å²) in [6.45, 7) is 12.0. The van der Waals surface area contributed by atoms with E-state index in [0.29, 0.717) is 11.3 Å². The molecule has 1 unspecified atom stereocenters. The van der Waals surface area contributed by atoms with Gasteiger partial charge in [-0.3, -0.25) is 0 Å². The van der Waals surface area contributed by atoms with Crippen LogP contribution in [0.1, 0.15) is 47.0 Å². The van der Waals surface area contributed by atoms with Gasteiger partial charge < -0.3 is 10.1 Å². The van der Waals surface area contributed by atoms with Crippen molar-refractivity contribution in [2.75, 3.05) is 26.8 Å². The van der Waals surface area contributed by atoms with Gasteiger partial charge in [-0.25, -0.2) is 0 Å². The molecule has 0 rings (SSSR count). The summed E-state index contributed by atoms with van der Waals surface area (Å²) in [5.74, 6) is 0.694. The molecule has 92 valence electrons. The van der Waals surface area contributed by atoms with Gasteiger partial charge in [-0.15, -0.1) is 0 Å². The summed E-state index contributed by atoms with van der Waals surface area (Å²) in [5, 5.41) is 3.29. The molecule has 0 aliphatic carbocycles. The van der Waals surface area contributed by atoms with E-state index in [0.717, 1.165) is 26.2 Å². The molecule has 0 bridgehead atoms. The van der Waals surface area contributed by atoms with Crippen LogP contribution >= 0.6 is 0 Å². The second kappa shape index (κ2) is 8.12. The quantitative estimate of drug-likeness (QED) is 0.597. The van der Waals surface area contributed by atoms with Gasteiger partial charge in [0.25, 0.3) is 0 Å². The lowest BCUT2D eigenvalue weighted by Crippen LogP contribution is -2.35. The first-order chi connectivity index (χ1) is 7.06. The van der Waals surface area contributed by atoms with Gasteiger partial charge in [0.05, 0.1) is 0 Å². The lowest BCUT2D eigenvalue weighted by atomic mass is 9.76. The Balaban J connectivity index is 3.76. The Labute approximate surface area is 95.8 Å². The lowest BCUT2D eigenvalue weighted by molar-refractivity contribution is 0.0785. The molecule has 1 atom stereocenters. The van der Waals surface area contributed by atoms with Crippen LogP contribution in [0.15, 0.2) is 0 Å². The van der Waals surface area contributed by atoms with Gasteiger partial charge in [0.1, 0.15) is 0 Å². The van der Waals surface area contributed by atoms with Gasteiger partial charge in [-0.1, -0.05) is 34.1 Å². The number of hydrogen-bond acceptors (Lipinski definition) is 2. The summed E-state index contributed by atoms with van der Waals surface area (Å²) in [7, 11) is 2.03. The van der Waals surface area contributed by atoms with Crippen LogP contribution in [-0.4, -0.2) is 26.8 Å². The first kappa shape index (κ1) is 14.9. The molecule has 0 radical (unpaired) electrons. The summed E-state index contributed by atoms with van der Waals surface area (Å²) >= 11 is 0. The van der Waals surface area contributed by atoms with Gasteiger partial charge in [-0.05, 0) is 31.2 Å². The van der Waals surface area contributed by atoms with E-state index in [-0.39, 0.29) is 0 Å². The Morgan fingerprint density at radius 2 is 1.93 bits per heavy atom. The Morgan fingerprint density at radius 3 is 2.40 bits per heavy atom. The highest BCUT2D eigenvalue weighted by atomic mass is 16.5. The monoisotopic (exact) mass is 215 g/mol. The van der Waals surface area contributed by atoms with Gasteiger partial charge in [0.2, 0.25) is 0 Å². The Morgan fingerprint density at radius 1 is 1.27 bits per heavy atom. The van der Waals surface area contributed by atoms with E-state index < -0.39 is 0 Å². The van der Waals surface area contributed by atoms with Crippen molar-refractivity contribution in [1.82, 2.24) is 5.32 Å². The fraction of sp³-hybridized carbons (Fsp3) is 1.00. The minimum atomic E-state index is 0.362. The van der Waals surface area contributed by atoms with Gasteiger partial charge in [-0.2, -0.15) is 0 Å². The maximum absolute atomic E-state index is 5.64. The maximum Gasteiger partial charge on any atom is 0.0471 e. The van der Waals surface area contributed by atoms with Crippen molar-refractivity contribution >= 4 is 0 Å². The molecule has 0 aromatic rings. The summed E-state index contributed by atoms with van der Waals surface area (Å²) in [5.41, 5.74) is 0.362. The number of nitrogens with one attached hydrogen (secondary N) is 1. The zero-order valence-corrected chi connectivity index (χ0v) is 11.2. The van der Waals surface area contributed by atoms with Crippen molar-refractivity contribution in [3.8, 4) is 0 Å². The fourth-order valence-corrected chi connectivity index (χ4v) is 1.64. The molecule has 1 N–H and O–H groups in total. The van der Waals surface area contributed by atoms with Crippen molar-refractivity contribution in [1.29, 1.82) is 0 Å². The van der Waals surface area contributed by atoms with E-state index in [9.17, 15) is 0 Å². The molecule has 0 aliphatic rings. The van der Waals surface area contributed by atoms with Crippen LogP contribution in [0.2, 0.25) is 0 Å². The molecule has 0 aromatic heterocycles. The minimum absolute atomic E-state index is 0.362. The van der Waals surface area contributed by atoms with E-state index in [1.165, 1.54) is 12.8 Å². The van der Waals surface area contributed by atoms with E-state index in [1.54, 1.807) is 0 Å². The number of unbranched alkanes of at least 4 members (excludes halogenated alkanes) is 1. The third-order valence-corrected chi connectivity index (χ3v) is 3.43. The molecule has 2 heteroatoms. The van der Waals surface area contributed by atoms with Crippen molar-refractivity contribution in [3.63, 3.8) is 0 Å². The molecular formula is C13H29NO. The van der Waals surface area contributed by atoms with Crippen molar-refractivity contribution in [3.05, 3.63) is 0 Å². The zero-order valence-electron chi connectivity index (χ0n) is 11.2. The van der Waals surface area contributed by atoms with Crippen LogP contribution in [0.25, 0.3) is 0 Å². The topological polar surface area (TPSA) is 21.3 Å². The highest BCUT2D eigenvalue weighted by Gasteiger charge is 2.26. The Kier molecular flexibility index (Phi) is 8.07. The minimum Gasteiger partial charge on any atom is -0.381 e. The van der Waals surface area contributed by atoms with E-state index in [1.807, 2.05) is 7.05 Å². The number of ether oxygens (including phenoxy) is 1. The summed E-state index contributed by atoms with van der Waals surface area (Å²) in [6, 6.07) is 0. The molecule has 15 heavy (non-hydrogen) atoms. The zero-order chi connectivity index (χ0) is 11.7. The average molecular weight is 215 g/mol. The molecule has 0 fully saturated rings. The fourth-order valence-electron chi connectivity index (χ4n) is 1.64. The molecule has 0 aromatic carbocycles. The lowest BCUT2D eigenvalue weighted by Gasteiger charge is -2.33. The predicted octanol–water partition coefficient (Wildman–Crippen LogP) is 3.07. The Hall–Kier alpha value is -0.0800. The van der Waals surface area contributed by atoms with E-state index >= 15 is 0 Å². The number of rotatable bonds is 9. The predicted molar refractivity (Wildman–Crippen MR) is 67.2 cm³/mol. The van der Waals surface area contributed by atoms with E-state index in [2.05, 4.69) is 33.0 Å². The summed E-state index contributed by atoms with van der Waals surface area (Å²) in [4.78, 5) is 0. The highest BCUT2D eigenvalue weighted by molar-refractivity contribution is 4.79. The average Bonchev–Trinajstić information content (AvgIpc) is 2.18. The maximum atomic E-state index is 5.64. The van der Waals surface area contributed by atoms with Gasteiger partial charge in [0, 0.05) is 19.8 Å². The van der Waals surface area contributed by atoms with Crippen LogP contribution in [0.4, 0.5) is 0 Å². The van der Waals surface area contributed by atoms with Crippen LogP contribution in [0, 0.1) is 11.3 Å². The third kappa shape index (κ3) is 6.16. The van der Waals surface area contributed by atoms with Crippen molar-refractivity contribution in [2.24, 2.45) is 11.3 Å². The van der Waals surface area contributed by atoms with Crippen LogP contribution in [0.5, 0.6) is 0 Å². The third-order valence-electron chi connectivity index (χ3n) is 3.43. The second-order valence-electron chi connectivity index (χ2n) is 5.05. The molecule has 0 saturated heterocycles. The van der Waals surface area contributed by atoms with Gasteiger partial charge >= 0.3 is 0 Å². The van der Waals surface area contributed by atoms with Crippen LogP contribution in [0.3, 0.4) is 0 Å². The van der Waals surface area contributed by atoms with Crippen molar-refractivity contribution in [2.45, 2.75) is 47.0 Å². The molecule has 0 amide bonds. The van der Waals surface area contributed by atoms with Crippen molar-refractivity contribution < 1.29 is 4.74 Å². The first-order valence-electron chi connectivity index (χ1n) is 6.29. The molecule has 0 aliphatic heterocycles. The van der Waals surface area contributed by atoms with E-state index in [4.69, 9.17) is 4.74 Å². The van der Waals surface area contributed by atoms with Crippen LogP contribution in [-0.2, 0) is 4.74 Å². The van der Waals surface area contributed by atoms with Crippen LogP contribution < -0.4 is 5.32 Å². The SMILES string of the molecule is CCCCOCCC(C)(CNC)C(C)C. The van der Waals surface area contributed by atoms with Gasteiger partial charge in [0.15, 0.2) is 0 Å². The normalized spacial score (nSPS) is 15.6. The largest absolute Gasteiger partial charge is 0.381 e. The number of hydrogen-bond donors (Lipinski definition) is 1. The molecular weight excluding hydrogens is 186 g/mol. The first-order valence-corrected chi connectivity index (χ1v) is 6.29.